The van der Waals surface area contributed by atoms with Crippen molar-refractivity contribution in [3.8, 4) is 12.5 Å². The summed E-state index contributed by atoms with van der Waals surface area (Å²) in [4.78, 5) is 0.327. The van der Waals surface area contributed by atoms with E-state index in [9.17, 15) is 8.42 Å². The summed E-state index contributed by atoms with van der Waals surface area (Å²) in [5.41, 5.74) is 0.764. The zero-order valence-corrected chi connectivity index (χ0v) is 7.58. The van der Waals surface area contributed by atoms with Gasteiger partial charge in [0.15, 0.2) is 0 Å². The van der Waals surface area contributed by atoms with Crippen molar-refractivity contribution < 1.29 is 8.42 Å². The third-order valence-electron chi connectivity index (χ3n) is 2.00. The van der Waals surface area contributed by atoms with Crippen LogP contribution in [-0.4, -0.2) is 12.7 Å². The van der Waals surface area contributed by atoms with Crippen molar-refractivity contribution in [3.05, 3.63) is 29.8 Å². The van der Waals surface area contributed by atoms with E-state index in [2.05, 4.69) is 6.04 Å². The van der Waals surface area contributed by atoms with Gasteiger partial charge in [-0.2, -0.15) is 0 Å². The SMILES string of the molecule is C#CN1Cc2ccccc2S1(=O)=O. The molecule has 1 aliphatic heterocycles. The van der Waals surface area contributed by atoms with Crippen LogP contribution in [0.5, 0.6) is 0 Å². The van der Waals surface area contributed by atoms with E-state index < -0.39 is 10.0 Å². The summed E-state index contributed by atoms with van der Waals surface area (Å²) in [5, 5.41) is 0. The molecule has 13 heavy (non-hydrogen) atoms. The van der Waals surface area contributed by atoms with Crippen LogP contribution >= 0.6 is 0 Å². The van der Waals surface area contributed by atoms with Crippen LogP contribution in [0.1, 0.15) is 5.56 Å². The quantitative estimate of drug-likeness (QED) is 0.571. The van der Waals surface area contributed by atoms with E-state index in [-0.39, 0.29) is 6.54 Å². The zero-order valence-electron chi connectivity index (χ0n) is 6.77. The lowest BCUT2D eigenvalue weighted by atomic mass is 10.2. The lowest BCUT2D eigenvalue weighted by Gasteiger charge is -2.05. The highest BCUT2D eigenvalue weighted by Crippen LogP contribution is 2.28. The van der Waals surface area contributed by atoms with Crippen molar-refractivity contribution in [2.75, 3.05) is 0 Å². The van der Waals surface area contributed by atoms with Crippen molar-refractivity contribution in [1.29, 1.82) is 0 Å². The Balaban J connectivity index is 2.69. The molecule has 0 aromatic heterocycles. The van der Waals surface area contributed by atoms with Crippen LogP contribution in [0.15, 0.2) is 29.2 Å². The Morgan fingerprint density at radius 2 is 2.08 bits per heavy atom. The minimum absolute atomic E-state index is 0.287. The molecule has 66 valence electrons. The summed E-state index contributed by atoms with van der Waals surface area (Å²) in [6.45, 7) is 0.287. The molecule has 0 atom stereocenters. The number of terminal acetylenes is 1. The fourth-order valence-corrected chi connectivity index (χ4v) is 2.76. The Morgan fingerprint density at radius 3 is 2.69 bits per heavy atom. The Labute approximate surface area is 77.0 Å². The van der Waals surface area contributed by atoms with E-state index in [0.29, 0.717) is 4.90 Å². The first kappa shape index (κ1) is 8.14. The molecular formula is C9H7NO2S. The molecule has 0 unspecified atom stereocenters. The van der Waals surface area contributed by atoms with Crippen LogP contribution in [-0.2, 0) is 16.6 Å². The largest absolute Gasteiger partial charge is 0.271 e. The zero-order chi connectivity index (χ0) is 9.47. The molecule has 1 aromatic rings. The van der Waals surface area contributed by atoms with E-state index in [1.807, 2.05) is 0 Å². The monoisotopic (exact) mass is 193 g/mol. The number of nitrogens with zero attached hydrogens (tertiary/aromatic N) is 1. The van der Waals surface area contributed by atoms with E-state index in [0.717, 1.165) is 9.87 Å². The van der Waals surface area contributed by atoms with Crippen molar-refractivity contribution in [1.82, 2.24) is 4.31 Å². The van der Waals surface area contributed by atoms with Crippen LogP contribution in [0.25, 0.3) is 0 Å². The van der Waals surface area contributed by atoms with Crippen LogP contribution in [0.4, 0.5) is 0 Å². The molecule has 0 N–H and O–H groups in total. The van der Waals surface area contributed by atoms with E-state index in [4.69, 9.17) is 6.42 Å². The predicted molar refractivity (Wildman–Crippen MR) is 48.0 cm³/mol. The second-order valence-electron chi connectivity index (χ2n) is 2.75. The molecule has 0 fully saturated rings. The normalized spacial score (nSPS) is 17.9. The Morgan fingerprint density at radius 1 is 1.38 bits per heavy atom. The molecule has 0 aliphatic carbocycles. The van der Waals surface area contributed by atoms with E-state index >= 15 is 0 Å². The highest BCUT2D eigenvalue weighted by atomic mass is 32.2. The molecule has 0 saturated heterocycles. The topological polar surface area (TPSA) is 37.4 Å². The van der Waals surface area contributed by atoms with Crippen molar-refractivity contribution in [2.45, 2.75) is 11.4 Å². The summed E-state index contributed by atoms with van der Waals surface area (Å²) in [6, 6.07) is 8.98. The van der Waals surface area contributed by atoms with Crippen molar-refractivity contribution in [3.63, 3.8) is 0 Å². The number of hydrogen-bond acceptors (Lipinski definition) is 2. The second kappa shape index (κ2) is 2.51. The fourth-order valence-electron chi connectivity index (χ4n) is 1.36. The van der Waals surface area contributed by atoms with Crippen molar-refractivity contribution >= 4 is 10.0 Å². The first-order valence-corrected chi connectivity index (χ1v) is 5.17. The van der Waals surface area contributed by atoms with Gasteiger partial charge in [-0.05, 0) is 11.6 Å². The lowest BCUT2D eigenvalue weighted by Crippen LogP contribution is -2.17. The summed E-state index contributed by atoms with van der Waals surface area (Å²) in [7, 11) is -3.40. The highest BCUT2D eigenvalue weighted by Gasteiger charge is 2.31. The van der Waals surface area contributed by atoms with E-state index in [1.165, 1.54) is 0 Å². The summed E-state index contributed by atoms with van der Waals surface area (Å²) in [5.74, 6) is 0. The number of rotatable bonds is 0. The number of fused-ring (bicyclic) bond motifs is 1. The molecule has 3 nitrogen and oxygen atoms in total. The van der Waals surface area contributed by atoms with Crippen LogP contribution in [0, 0.1) is 12.5 Å². The number of sulfonamides is 1. The molecule has 2 rings (SSSR count). The molecule has 1 aliphatic rings. The number of benzene rings is 1. The minimum Gasteiger partial charge on any atom is -0.220 e. The van der Waals surface area contributed by atoms with Gasteiger partial charge >= 0.3 is 0 Å². The average molecular weight is 193 g/mol. The molecule has 0 bridgehead atoms. The van der Waals surface area contributed by atoms with Gasteiger partial charge in [0.25, 0.3) is 10.0 Å². The molecule has 1 heterocycles. The minimum atomic E-state index is -3.40. The Bertz CT molecular complexity index is 485. The highest BCUT2D eigenvalue weighted by molar-refractivity contribution is 7.89. The predicted octanol–water partition coefficient (Wildman–Crippen LogP) is 0.782. The molecule has 4 heteroatoms. The molecule has 0 radical (unpaired) electrons. The van der Waals surface area contributed by atoms with Gasteiger partial charge in [-0.3, -0.25) is 0 Å². The molecular weight excluding hydrogens is 186 g/mol. The average Bonchev–Trinajstić information content (AvgIpc) is 2.39. The summed E-state index contributed by atoms with van der Waals surface area (Å²) in [6.07, 6.45) is 5.09. The Hall–Kier alpha value is -1.47. The first-order valence-electron chi connectivity index (χ1n) is 3.73. The maximum Gasteiger partial charge on any atom is 0.271 e. The van der Waals surface area contributed by atoms with E-state index in [1.54, 1.807) is 24.3 Å². The summed E-state index contributed by atoms with van der Waals surface area (Å²) < 4.78 is 24.2. The van der Waals surface area contributed by atoms with Gasteiger partial charge < -0.3 is 0 Å². The Kier molecular flexibility index (Phi) is 1.57. The molecule has 0 saturated carbocycles. The second-order valence-corrected chi connectivity index (χ2v) is 4.58. The van der Waals surface area contributed by atoms with Crippen LogP contribution < -0.4 is 0 Å². The lowest BCUT2D eigenvalue weighted by molar-refractivity contribution is 0.530. The molecule has 1 aromatic carbocycles. The van der Waals surface area contributed by atoms with Gasteiger partial charge in [0.05, 0.1) is 11.4 Å². The maximum atomic E-state index is 11.6. The maximum absolute atomic E-state index is 11.6. The van der Waals surface area contributed by atoms with Crippen molar-refractivity contribution in [2.24, 2.45) is 0 Å². The smallest absolute Gasteiger partial charge is 0.220 e. The molecule has 0 spiro atoms. The van der Waals surface area contributed by atoms with Gasteiger partial charge in [-0.15, -0.1) is 0 Å². The number of hydrogen-bond donors (Lipinski definition) is 0. The van der Waals surface area contributed by atoms with Crippen LogP contribution in [0.2, 0.25) is 0 Å². The third-order valence-corrected chi connectivity index (χ3v) is 3.77. The van der Waals surface area contributed by atoms with Gasteiger partial charge in [-0.25, -0.2) is 12.7 Å². The first-order chi connectivity index (χ1) is 6.16. The third kappa shape index (κ3) is 1.01. The van der Waals surface area contributed by atoms with Gasteiger partial charge in [0.2, 0.25) is 0 Å². The van der Waals surface area contributed by atoms with Gasteiger partial charge in [0.1, 0.15) is 0 Å². The fraction of sp³-hybridized carbons (Fsp3) is 0.111. The van der Waals surface area contributed by atoms with Crippen LogP contribution in [0.3, 0.4) is 0 Å². The standard InChI is InChI=1S/C9H7NO2S/c1-2-10-7-8-5-3-4-6-9(8)13(10,11)12/h1,3-6H,7H2. The van der Waals surface area contributed by atoms with Gasteiger partial charge in [-0.1, -0.05) is 24.6 Å². The molecule has 0 amide bonds. The summed E-state index contributed by atoms with van der Waals surface area (Å²) >= 11 is 0. The van der Waals surface area contributed by atoms with Gasteiger partial charge in [0, 0.05) is 6.04 Å².